The van der Waals surface area contributed by atoms with Crippen LogP contribution in [-0.2, 0) is 5.41 Å². The molecule has 0 aliphatic heterocycles. The SMILES string of the molecule is CC(C)(C)c1ccc2cc3c(cc2c1)oc1cc2c(cc13)oc1cc3cc(-c4cccs4)c(-c4cccs4)cc3cc12. The highest BCUT2D eigenvalue weighted by Gasteiger charge is 2.18. The van der Waals surface area contributed by atoms with Crippen molar-refractivity contribution >= 4 is 88.1 Å². The Kier molecular flexibility index (Phi) is 4.95. The van der Waals surface area contributed by atoms with Crippen LogP contribution in [-0.4, -0.2) is 0 Å². The molecule has 0 bridgehead atoms. The van der Waals surface area contributed by atoms with Crippen molar-refractivity contribution in [3.8, 4) is 20.9 Å². The monoisotopic (exact) mass is 578 g/mol. The van der Waals surface area contributed by atoms with Crippen molar-refractivity contribution in [2.24, 2.45) is 0 Å². The Hall–Kier alpha value is -4.38. The van der Waals surface area contributed by atoms with E-state index in [9.17, 15) is 0 Å². The van der Waals surface area contributed by atoms with Crippen LogP contribution in [0.5, 0.6) is 0 Å². The van der Waals surface area contributed by atoms with Crippen LogP contribution in [0.3, 0.4) is 0 Å². The lowest BCUT2D eigenvalue weighted by Crippen LogP contribution is -2.10. The van der Waals surface area contributed by atoms with Crippen LogP contribution in [0.4, 0.5) is 0 Å². The Bertz CT molecular complexity index is 2480. The largest absolute Gasteiger partial charge is 0.456 e. The van der Waals surface area contributed by atoms with E-state index in [-0.39, 0.29) is 5.41 Å². The van der Waals surface area contributed by atoms with E-state index in [1.807, 2.05) is 0 Å². The molecule has 0 fully saturated rings. The summed E-state index contributed by atoms with van der Waals surface area (Å²) in [5.74, 6) is 0. The van der Waals surface area contributed by atoms with E-state index in [0.717, 1.165) is 43.9 Å². The molecule has 0 aliphatic rings. The maximum Gasteiger partial charge on any atom is 0.136 e. The maximum atomic E-state index is 6.52. The second kappa shape index (κ2) is 8.57. The van der Waals surface area contributed by atoms with Gasteiger partial charge in [0.25, 0.3) is 0 Å². The first-order chi connectivity index (χ1) is 20.4. The fraction of sp³-hybridized carbons (Fsp3) is 0.105. The van der Waals surface area contributed by atoms with Gasteiger partial charge >= 0.3 is 0 Å². The highest BCUT2D eigenvalue weighted by molar-refractivity contribution is 7.14. The van der Waals surface area contributed by atoms with Crippen LogP contribution in [0.25, 0.3) is 86.3 Å². The first-order valence-corrected chi connectivity index (χ1v) is 16.0. The first kappa shape index (κ1) is 24.2. The zero-order valence-corrected chi connectivity index (χ0v) is 25.1. The summed E-state index contributed by atoms with van der Waals surface area (Å²) in [5, 5.41) is 13.5. The molecular formula is C38H26O2S2. The van der Waals surface area contributed by atoms with E-state index >= 15 is 0 Å². The third-order valence-electron chi connectivity index (χ3n) is 8.56. The van der Waals surface area contributed by atoms with Crippen LogP contribution in [0.2, 0.25) is 0 Å². The molecule has 0 saturated heterocycles. The predicted molar refractivity (Wildman–Crippen MR) is 181 cm³/mol. The van der Waals surface area contributed by atoms with E-state index in [1.165, 1.54) is 48.0 Å². The summed E-state index contributed by atoms with van der Waals surface area (Å²) >= 11 is 3.56. The third kappa shape index (κ3) is 3.62. The summed E-state index contributed by atoms with van der Waals surface area (Å²) in [5.41, 5.74) is 7.54. The van der Waals surface area contributed by atoms with Gasteiger partial charge in [-0.3, -0.25) is 0 Å². The summed E-state index contributed by atoms with van der Waals surface area (Å²) < 4.78 is 13.0. The number of benzene rings is 5. The van der Waals surface area contributed by atoms with Gasteiger partial charge in [-0.05, 0) is 104 Å². The molecule has 9 rings (SSSR count). The zero-order chi connectivity index (χ0) is 28.2. The normalized spacial score (nSPS) is 12.6. The van der Waals surface area contributed by atoms with Crippen molar-refractivity contribution in [1.29, 1.82) is 0 Å². The summed E-state index contributed by atoms with van der Waals surface area (Å²) in [4.78, 5) is 2.56. The smallest absolute Gasteiger partial charge is 0.136 e. The zero-order valence-electron chi connectivity index (χ0n) is 23.4. The topological polar surface area (TPSA) is 26.3 Å². The molecule has 5 aromatic carbocycles. The van der Waals surface area contributed by atoms with Gasteiger partial charge in [-0.15, -0.1) is 22.7 Å². The Morgan fingerprint density at radius 2 is 0.952 bits per heavy atom. The summed E-state index contributed by atoms with van der Waals surface area (Å²) in [7, 11) is 0. The Morgan fingerprint density at radius 3 is 1.48 bits per heavy atom. The van der Waals surface area contributed by atoms with Gasteiger partial charge in [0.2, 0.25) is 0 Å². The van der Waals surface area contributed by atoms with Crippen molar-refractivity contribution in [2.75, 3.05) is 0 Å². The van der Waals surface area contributed by atoms with Crippen LogP contribution in [0.15, 0.2) is 111 Å². The molecule has 0 atom stereocenters. The summed E-state index contributed by atoms with van der Waals surface area (Å²) in [6.45, 7) is 6.76. The minimum absolute atomic E-state index is 0.1000. The molecule has 9 aromatic rings. The van der Waals surface area contributed by atoms with Gasteiger partial charge in [0.05, 0.1) is 0 Å². The number of hydrogen-bond acceptors (Lipinski definition) is 4. The number of fused-ring (bicyclic) bond motifs is 8. The van der Waals surface area contributed by atoms with Gasteiger partial charge in [-0.2, -0.15) is 0 Å². The number of rotatable bonds is 2. The average molecular weight is 579 g/mol. The Balaban J connectivity index is 1.27. The van der Waals surface area contributed by atoms with Gasteiger partial charge in [-0.25, -0.2) is 0 Å². The fourth-order valence-corrected chi connectivity index (χ4v) is 7.83. The molecule has 4 heteroatoms. The summed E-state index contributed by atoms with van der Waals surface area (Å²) in [6, 6.07) is 33.3. The molecule has 0 radical (unpaired) electrons. The highest BCUT2D eigenvalue weighted by atomic mass is 32.1. The van der Waals surface area contributed by atoms with Gasteiger partial charge in [-0.1, -0.05) is 51.1 Å². The first-order valence-electron chi connectivity index (χ1n) is 14.2. The second-order valence-corrected chi connectivity index (χ2v) is 14.2. The molecule has 0 aliphatic carbocycles. The molecule has 0 N–H and O–H groups in total. The van der Waals surface area contributed by atoms with Crippen LogP contribution in [0.1, 0.15) is 26.3 Å². The molecule has 2 nitrogen and oxygen atoms in total. The lowest BCUT2D eigenvalue weighted by Gasteiger charge is -2.19. The molecule has 0 saturated carbocycles. The Morgan fingerprint density at radius 1 is 0.476 bits per heavy atom. The standard InChI is InChI=1S/C38H26O2S2/c1-38(2,3)25-9-8-21-13-26-28-19-35-29(20-34(28)39-32(26)17-22(21)12-25)27-14-23-15-30(36-6-4-10-41-36)31(37-7-5-11-42-37)16-24(23)18-33(27)40-35/h4-20H,1-3H3. The number of hydrogen-bond donors (Lipinski definition) is 0. The molecule has 42 heavy (non-hydrogen) atoms. The van der Waals surface area contributed by atoms with E-state index < -0.39 is 0 Å². The quantitative estimate of drug-likeness (QED) is 0.204. The lowest BCUT2D eigenvalue weighted by atomic mass is 9.86. The summed E-state index contributed by atoms with van der Waals surface area (Å²) in [6.07, 6.45) is 0. The van der Waals surface area contributed by atoms with Crippen LogP contribution < -0.4 is 0 Å². The molecule has 4 aromatic heterocycles. The Labute approximate surface area is 250 Å². The van der Waals surface area contributed by atoms with Gasteiger partial charge in [0.15, 0.2) is 0 Å². The van der Waals surface area contributed by atoms with Crippen LogP contribution >= 0.6 is 22.7 Å². The van der Waals surface area contributed by atoms with Gasteiger partial charge < -0.3 is 8.83 Å². The fourth-order valence-electron chi connectivity index (χ4n) is 6.32. The van der Waals surface area contributed by atoms with Crippen molar-refractivity contribution in [1.82, 2.24) is 0 Å². The molecule has 202 valence electrons. The van der Waals surface area contributed by atoms with E-state index in [1.54, 1.807) is 22.7 Å². The third-order valence-corrected chi connectivity index (χ3v) is 10.4. The number of furan rings is 2. The number of thiophene rings is 2. The van der Waals surface area contributed by atoms with E-state index in [0.29, 0.717) is 0 Å². The highest BCUT2D eigenvalue weighted by Crippen LogP contribution is 2.43. The molecule has 4 heterocycles. The molecule has 0 unspecified atom stereocenters. The molecular weight excluding hydrogens is 553 g/mol. The minimum Gasteiger partial charge on any atom is -0.456 e. The minimum atomic E-state index is 0.1000. The van der Waals surface area contributed by atoms with E-state index in [2.05, 4.69) is 123 Å². The van der Waals surface area contributed by atoms with Crippen molar-refractivity contribution in [2.45, 2.75) is 26.2 Å². The molecule has 0 amide bonds. The molecule has 0 spiro atoms. The van der Waals surface area contributed by atoms with Crippen LogP contribution in [0, 0.1) is 0 Å². The van der Waals surface area contributed by atoms with Crippen molar-refractivity contribution < 1.29 is 8.83 Å². The van der Waals surface area contributed by atoms with Gasteiger partial charge in [0.1, 0.15) is 22.3 Å². The average Bonchev–Trinajstić information content (AvgIpc) is 3.78. The lowest BCUT2D eigenvalue weighted by molar-refractivity contribution is 0.591. The van der Waals surface area contributed by atoms with Gasteiger partial charge in [0, 0.05) is 42.4 Å². The van der Waals surface area contributed by atoms with E-state index in [4.69, 9.17) is 8.83 Å². The predicted octanol–water partition coefficient (Wildman–Crippen LogP) is 12.5. The second-order valence-electron chi connectivity index (χ2n) is 12.3. The van der Waals surface area contributed by atoms with Crippen molar-refractivity contribution in [3.05, 3.63) is 107 Å². The van der Waals surface area contributed by atoms with Crippen molar-refractivity contribution in [3.63, 3.8) is 0 Å². The maximum absolute atomic E-state index is 6.52.